The number of benzene rings is 1. The van der Waals surface area contributed by atoms with Crippen LogP contribution < -0.4 is 11.0 Å². The number of aryl methyl sites for hydroxylation is 1. The number of halogens is 4. The topological polar surface area (TPSA) is 81.8 Å². The minimum absolute atomic E-state index is 0.0777. The van der Waals surface area contributed by atoms with Crippen LogP contribution in [0.25, 0.3) is 11.0 Å². The maximum absolute atomic E-state index is 12.9. The van der Waals surface area contributed by atoms with E-state index in [2.05, 4.69) is 15.5 Å². The Morgan fingerprint density at radius 1 is 1.21 bits per heavy atom. The molecule has 0 aliphatic rings. The molecule has 3 aromatic rings. The van der Waals surface area contributed by atoms with E-state index in [4.69, 9.17) is 0 Å². The molecule has 7 nitrogen and oxygen atoms in total. The monoisotopic (exact) mass is 397 g/mol. The molecule has 1 amide bonds. The lowest BCUT2D eigenvalue weighted by Gasteiger charge is -2.13. The van der Waals surface area contributed by atoms with E-state index in [1.54, 1.807) is 6.92 Å². The molecule has 0 atom stereocenters. The highest BCUT2D eigenvalue weighted by atomic mass is 19.4. The van der Waals surface area contributed by atoms with E-state index in [-0.39, 0.29) is 29.7 Å². The van der Waals surface area contributed by atoms with Crippen molar-refractivity contribution in [3.8, 4) is 0 Å². The minimum atomic E-state index is -4.52. The molecule has 0 unspecified atom stereocenters. The number of aromatic nitrogens is 4. The summed E-state index contributed by atoms with van der Waals surface area (Å²) in [6.07, 6.45) is -3.48. The zero-order valence-corrected chi connectivity index (χ0v) is 14.6. The van der Waals surface area contributed by atoms with Crippen molar-refractivity contribution in [2.45, 2.75) is 32.5 Å². The van der Waals surface area contributed by atoms with Crippen molar-refractivity contribution in [3.63, 3.8) is 0 Å². The standard InChI is InChI=1S/C17H15F4N5O2/c1-2-13-23-15-12(8-22-25(15)9-17(19,20)21)16(28)26(13)24-14(27)7-10-3-5-11(18)6-4-10/h3-6,8H,2,7,9H2,1H3,(H,24,27). The molecule has 0 fully saturated rings. The van der Waals surface area contributed by atoms with Crippen molar-refractivity contribution in [1.29, 1.82) is 0 Å². The van der Waals surface area contributed by atoms with Gasteiger partial charge in [0.15, 0.2) is 5.65 Å². The number of nitrogens with zero attached hydrogens (tertiary/aromatic N) is 4. The summed E-state index contributed by atoms with van der Waals surface area (Å²) >= 11 is 0. The number of amides is 1. The zero-order valence-electron chi connectivity index (χ0n) is 14.6. The van der Waals surface area contributed by atoms with Gasteiger partial charge in [-0.3, -0.25) is 15.0 Å². The van der Waals surface area contributed by atoms with Crippen LogP contribution in [0, 0.1) is 5.82 Å². The van der Waals surface area contributed by atoms with Crippen molar-refractivity contribution in [3.05, 3.63) is 58.0 Å². The molecule has 0 aliphatic carbocycles. The minimum Gasteiger partial charge on any atom is -0.273 e. The number of rotatable bonds is 5. The number of hydrogen-bond acceptors (Lipinski definition) is 4. The lowest BCUT2D eigenvalue weighted by molar-refractivity contribution is -0.141. The van der Waals surface area contributed by atoms with Gasteiger partial charge in [0.2, 0.25) is 5.91 Å². The Bertz CT molecular complexity index is 1070. The molecular weight excluding hydrogens is 382 g/mol. The third-order valence-electron chi connectivity index (χ3n) is 3.90. The molecule has 2 aromatic heterocycles. The van der Waals surface area contributed by atoms with Crippen LogP contribution in [-0.4, -0.2) is 31.5 Å². The molecule has 11 heteroatoms. The highest BCUT2D eigenvalue weighted by Crippen LogP contribution is 2.19. The Labute approximate surface area is 155 Å². The predicted octanol–water partition coefficient (Wildman–Crippen LogP) is 2.17. The number of hydrogen-bond donors (Lipinski definition) is 1. The van der Waals surface area contributed by atoms with Gasteiger partial charge in [0.1, 0.15) is 23.6 Å². The number of nitrogens with one attached hydrogen (secondary N) is 1. The van der Waals surface area contributed by atoms with Crippen LogP contribution in [0.1, 0.15) is 18.3 Å². The summed E-state index contributed by atoms with van der Waals surface area (Å²) in [6, 6.07) is 5.27. The van der Waals surface area contributed by atoms with Crippen LogP contribution in [0.2, 0.25) is 0 Å². The molecule has 0 saturated carbocycles. The number of fused-ring (bicyclic) bond motifs is 1. The first kappa shape index (κ1) is 19.5. The largest absolute Gasteiger partial charge is 0.408 e. The molecule has 28 heavy (non-hydrogen) atoms. The van der Waals surface area contributed by atoms with Crippen molar-refractivity contribution in [1.82, 2.24) is 19.4 Å². The molecular formula is C17H15F4N5O2. The first-order chi connectivity index (χ1) is 13.2. The summed E-state index contributed by atoms with van der Waals surface area (Å²) in [7, 11) is 0. The van der Waals surface area contributed by atoms with Crippen LogP contribution >= 0.6 is 0 Å². The third-order valence-corrected chi connectivity index (χ3v) is 3.90. The Morgan fingerprint density at radius 3 is 2.50 bits per heavy atom. The van der Waals surface area contributed by atoms with Crippen LogP contribution in [0.5, 0.6) is 0 Å². The van der Waals surface area contributed by atoms with Crippen molar-refractivity contribution in [2.24, 2.45) is 0 Å². The second-order valence-electron chi connectivity index (χ2n) is 6.02. The van der Waals surface area contributed by atoms with Gasteiger partial charge in [-0.2, -0.15) is 18.3 Å². The van der Waals surface area contributed by atoms with Crippen LogP contribution in [0.4, 0.5) is 17.6 Å². The SMILES string of the molecule is CCc1nc2c(cnn2CC(F)(F)F)c(=O)n1NC(=O)Cc1ccc(F)cc1. The fraction of sp³-hybridized carbons (Fsp3) is 0.294. The number of alkyl halides is 3. The molecule has 0 radical (unpaired) electrons. The Hall–Kier alpha value is -3.24. The maximum Gasteiger partial charge on any atom is 0.408 e. The molecule has 0 spiro atoms. The lowest BCUT2D eigenvalue weighted by Crippen LogP contribution is -2.37. The molecule has 0 saturated heterocycles. The molecule has 3 rings (SSSR count). The fourth-order valence-corrected chi connectivity index (χ4v) is 2.65. The summed E-state index contributed by atoms with van der Waals surface area (Å²) in [4.78, 5) is 29.0. The van der Waals surface area contributed by atoms with E-state index >= 15 is 0 Å². The van der Waals surface area contributed by atoms with E-state index in [0.29, 0.717) is 10.2 Å². The first-order valence-corrected chi connectivity index (χ1v) is 8.26. The first-order valence-electron chi connectivity index (χ1n) is 8.26. The average molecular weight is 397 g/mol. The van der Waals surface area contributed by atoms with Crippen LogP contribution in [0.15, 0.2) is 35.3 Å². The van der Waals surface area contributed by atoms with Gasteiger partial charge in [0, 0.05) is 6.42 Å². The normalized spacial score (nSPS) is 11.8. The molecule has 2 heterocycles. The van der Waals surface area contributed by atoms with E-state index < -0.39 is 30.0 Å². The molecule has 1 N–H and O–H groups in total. The van der Waals surface area contributed by atoms with E-state index in [9.17, 15) is 27.2 Å². The second kappa shape index (κ2) is 7.41. The van der Waals surface area contributed by atoms with Gasteiger partial charge in [-0.05, 0) is 17.7 Å². The zero-order chi connectivity index (χ0) is 20.5. The summed E-state index contributed by atoms with van der Waals surface area (Å²) in [5.41, 5.74) is 1.98. The van der Waals surface area contributed by atoms with Gasteiger partial charge in [-0.15, -0.1) is 0 Å². The van der Waals surface area contributed by atoms with Gasteiger partial charge < -0.3 is 0 Å². The molecule has 0 aliphatic heterocycles. The molecule has 1 aromatic carbocycles. The van der Waals surface area contributed by atoms with Crippen molar-refractivity contribution < 1.29 is 22.4 Å². The Balaban J connectivity index is 1.92. The third kappa shape index (κ3) is 4.18. The van der Waals surface area contributed by atoms with E-state index in [0.717, 1.165) is 10.9 Å². The molecule has 148 valence electrons. The summed E-state index contributed by atoms with van der Waals surface area (Å²) < 4.78 is 52.4. The van der Waals surface area contributed by atoms with Crippen LogP contribution in [-0.2, 0) is 24.2 Å². The van der Waals surface area contributed by atoms with Crippen LogP contribution in [0.3, 0.4) is 0 Å². The summed E-state index contributed by atoms with van der Waals surface area (Å²) in [5, 5.41) is 3.44. The second-order valence-corrected chi connectivity index (χ2v) is 6.02. The average Bonchev–Trinajstić information content (AvgIpc) is 3.00. The molecule has 0 bridgehead atoms. The van der Waals surface area contributed by atoms with E-state index in [1.807, 2.05) is 0 Å². The fourth-order valence-electron chi connectivity index (χ4n) is 2.65. The lowest BCUT2D eigenvalue weighted by atomic mass is 10.1. The van der Waals surface area contributed by atoms with Crippen molar-refractivity contribution in [2.75, 3.05) is 5.43 Å². The van der Waals surface area contributed by atoms with Gasteiger partial charge in [-0.25, -0.2) is 18.7 Å². The van der Waals surface area contributed by atoms with Gasteiger partial charge in [0.25, 0.3) is 5.56 Å². The van der Waals surface area contributed by atoms with Gasteiger partial charge in [0.05, 0.1) is 12.6 Å². The van der Waals surface area contributed by atoms with E-state index in [1.165, 1.54) is 24.3 Å². The quantitative estimate of drug-likeness (QED) is 0.669. The summed E-state index contributed by atoms with van der Waals surface area (Å²) in [5.74, 6) is -0.930. The van der Waals surface area contributed by atoms with Gasteiger partial charge >= 0.3 is 6.18 Å². The number of carbonyl (C=O) groups is 1. The maximum atomic E-state index is 12.9. The van der Waals surface area contributed by atoms with Gasteiger partial charge in [-0.1, -0.05) is 19.1 Å². The summed E-state index contributed by atoms with van der Waals surface area (Å²) in [6.45, 7) is 0.258. The predicted molar refractivity (Wildman–Crippen MR) is 91.7 cm³/mol. The number of carbonyl (C=O) groups excluding carboxylic acids is 1. The highest BCUT2D eigenvalue weighted by Gasteiger charge is 2.30. The Kier molecular flexibility index (Phi) is 5.16. The van der Waals surface area contributed by atoms with Crippen molar-refractivity contribution >= 4 is 16.9 Å². The smallest absolute Gasteiger partial charge is 0.273 e. The highest BCUT2D eigenvalue weighted by molar-refractivity contribution is 5.86. The Morgan fingerprint density at radius 2 is 1.89 bits per heavy atom.